The zero-order chi connectivity index (χ0) is 12.6. The zero-order valence-electron chi connectivity index (χ0n) is 11.2. The van der Waals surface area contributed by atoms with E-state index in [0.717, 1.165) is 5.65 Å². The van der Waals surface area contributed by atoms with Crippen LogP contribution in [-0.4, -0.2) is 21.6 Å². The van der Waals surface area contributed by atoms with Crippen LogP contribution >= 0.6 is 0 Å². The molecule has 2 heterocycles. The summed E-state index contributed by atoms with van der Waals surface area (Å²) in [6.07, 6.45) is 3.46. The van der Waals surface area contributed by atoms with Gasteiger partial charge in [0.1, 0.15) is 0 Å². The number of aromatic nitrogens is 3. The summed E-state index contributed by atoms with van der Waals surface area (Å²) in [7, 11) is 1.97. The van der Waals surface area contributed by atoms with Crippen molar-refractivity contribution in [2.75, 3.05) is 7.05 Å². The molecule has 4 heteroatoms. The summed E-state index contributed by atoms with van der Waals surface area (Å²) in [6, 6.07) is 2.39. The molecule has 0 aliphatic carbocycles. The van der Waals surface area contributed by atoms with E-state index in [1.807, 2.05) is 11.6 Å². The van der Waals surface area contributed by atoms with Gasteiger partial charge in [-0.05, 0) is 31.0 Å². The number of nitrogens with zero attached hydrogens (tertiary/aromatic N) is 3. The number of hydrogen-bond donors (Lipinski definition) is 1. The minimum absolute atomic E-state index is 0.0931. The summed E-state index contributed by atoms with van der Waals surface area (Å²) in [5.74, 6) is 0. The first-order chi connectivity index (χ1) is 7.95. The molecule has 1 N–H and O–H groups in total. The third kappa shape index (κ3) is 2.05. The quantitative estimate of drug-likeness (QED) is 0.864. The SMILES string of the molecule is CNC(C)c1c(C(C)(C)C)cc2nccnn12. The van der Waals surface area contributed by atoms with Gasteiger partial charge in [0, 0.05) is 12.2 Å². The lowest BCUT2D eigenvalue weighted by atomic mass is 9.85. The number of nitrogens with one attached hydrogen (secondary N) is 1. The van der Waals surface area contributed by atoms with Crippen LogP contribution in [0.1, 0.15) is 45.0 Å². The third-order valence-electron chi connectivity index (χ3n) is 3.10. The second-order valence-electron chi connectivity index (χ2n) is 5.42. The van der Waals surface area contributed by atoms with Gasteiger partial charge in [0.05, 0.1) is 11.9 Å². The number of rotatable bonds is 2. The van der Waals surface area contributed by atoms with Crippen molar-refractivity contribution in [3.63, 3.8) is 0 Å². The highest BCUT2D eigenvalue weighted by molar-refractivity contribution is 5.49. The number of hydrogen-bond acceptors (Lipinski definition) is 3. The molecule has 0 aromatic carbocycles. The Morgan fingerprint density at radius 2 is 2.00 bits per heavy atom. The van der Waals surface area contributed by atoms with Crippen LogP contribution in [0.5, 0.6) is 0 Å². The Morgan fingerprint density at radius 3 is 2.59 bits per heavy atom. The van der Waals surface area contributed by atoms with E-state index in [0.29, 0.717) is 0 Å². The van der Waals surface area contributed by atoms with E-state index in [2.05, 4.69) is 49.2 Å². The standard InChI is InChI=1S/C13H20N4/c1-9(14-5)12-10(13(2,3)4)8-11-15-6-7-16-17(11)12/h6-9,14H,1-5H3. The summed E-state index contributed by atoms with van der Waals surface area (Å²) in [6.45, 7) is 8.79. The van der Waals surface area contributed by atoms with E-state index in [9.17, 15) is 0 Å². The van der Waals surface area contributed by atoms with E-state index in [1.54, 1.807) is 12.4 Å². The summed E-state index contributed by atoms with van der Waals surface area (Å²) >= 11 is 0. The summed E-state index contributed by atoms with van der Waals surface area (Å²) in [5.41, 5.74) is 3.50. The smallest absolute Gasteiger partial charge is 0.154 e. The molecule has 4 nitrogen and oxygen atoms in total. The molecule has 92 valence electrons. The lowest BCUT2D eigenvalue weighted by Crippen LogP contribution is -2.21. The molecule has 0 bridgehead atoms. The Bertz CT molecular complexity index is 522. The largest absolute Gasteiger partial charge is 0.312 e. The lowest BCUT2D eigenvalue weighted by molar-refractivity contribution is 0.543. The highest BCUT2D eigenvalue weighted by Crippen LogP contribution is 2.31. The van der Waals surface area contributed by atoms with Gasteiger partial charge < -0.3 is 5.32 Å². The van der Waals surface area contributed by atoms with Crippen LogP contribution in [0.25, 0.3) is 5.65 Å². The highest BCUT2D eigenvalue weighted by atomic mass is 15.3. The van der Waals surface area contributed by atoms with Gasteiger partial charge >= 0.3 is 0 Å². The molecular formula is C13H20N4. The van der Waals surface area contributed by atoms with Gasteiger partial charge in [0.25, 0.3) is 0 Å². The second-order valence-corrected chi connectivity index (χ2v) is 5.42. The Morgan fingerprint density at radius 1 is 1.29 bits per heavy atom. The van der Waals surface area contributed by atoms with Gasteiger partial charge in [-0.2, -0.15) is 5.10 Å². The van der Waals surface area contributed by atoms with Crippen molar-refractivity contribution in [1.82, 2.24) is 19.9 Å². The van der Waals surface area contributed by atoms with E-state index in [4.69, 9.17) is 0 Å². The van der Waals surface area contributed by atoms with Crippen molar-refractivity contribution in [2.24, 2.45) is 0 Å². The molecule has 0 aliphatic heterocycles. The topological polar surface area (TPSA) is 42.2 Å². The van der Waals surface area contributed by atoms with Crippen molar-refractivity contribution in [1.29, 1.82) is 0 Å². The van der Waals surface area contributed by atoms with Crippen LogP contribution in [0.3, 0.4) is 0 Å². The fourth-order valence-electron chi connectivity index (χ4n) is 2.08. The van der Waals surface area contributed by atoms with Crippen LogP contribution in [0, 0.1) is 0 Å². The van der Waals surface area contributed by atoms with Crippen LogP contribution in [0.4, 0.5) is 0 Å². The molecule has 17 heavy (non-hydrogen) atoms. The van der Waals surface area contributed by atoms with Crippen LogP contribution in [0.2, 0.25) is 0 Å². The maximum atomic E-state index is 4.40. The van der Waals surface area contributed by atoms with Gasteiger partial charge in [0.15, 0.2) is 5.65 Å². The molecule has 2 rings (SSSR count). The predicted octanol–water partition coefficient (Wildman–Crippen LogP) is 2.31. The van der Waals surface area contributed by atoms with E-state index >= 15 is 0 Å². The van der Waals surface area contributed by atoms with Crippen molar-refractivity contribution >= 4 is 5.65 Å². The van der Waals surface area contributed by atoms with Gasteiger partial charge in [-0.3, -0.25) is 0 Å². The van der Waals surface area contributed by atoms with Crippen molar-refractivity contribution < 1.29 is 0 Å². The molecular weight excluding hydrogens is 212 g/mol. The highest BCUT2D eigenvalue weighted by Gasteiger charge is 2.25. The van der Waals surface area contributed by atoms with Crippen LogP contribution < -0.4 is 5.32 Å². The van der Waals surface area contributed by atoms with Crippen LogP contribution in [0.15, 0.2) is 18.5 Å². The first kappa shape index (κ1) is 12.0. The molecule has 1 atom stereocenters. The van der Waals surface area contributed by atoms with E-state index in [-0.39, 0.29) is 11.5 Å². The Labute approximate surface area is 102 Å². The Hall–Kier alpha value is -1.42. The average molecular weight is 232 g/mol. The molecule has 0 fully saturated rings. The zero-order valence-corrected chi connectivity index (χ0v) is 11.2. The Kier molecular flexibility index (Phi) is 2.91. The molecule has 0 aliphatic rings. The summed E-state index contributed by atoms with van der Waals surface area (Å²) in [5, 5.41) is 7.68. The molecule has 0 saturated heterocycles. The fraction of sp³-hybridized carbons (Fsp3) is 0.538. The van der Waals surface area contributed by atoms with Gasteiger partial charge in [-0.15, -0.1) is 0 Å². The third-order valence-corrected chi connectivity index (χ3v) is 3.10. The van der Waals surface area contributed by atoms with Crippen molar-refractivity contribution in [3.8, 4) is 0 Å². The van der Waals surface area contributed by atoms with Crippen molar-refractivity contribution in [2.45, 2.75) is 39.2 Å². The first-order valence-electron chi connectivity index (χ1n) is 5.95. The maximum absolute atomic E-state index is 4.40. The second kappa shape index (κ2) is 4.11. The van der Waals surface area contributed by atoms with Crippen LogP contribution in [-0.2, 0) is 5.41 Å². The summed E-state index contributed by atoms with van der Waals surface area (Å²) < 4.78 is 1.93. The van der Waals surface area contributed by atoms with Crippen molar-refractivity contribution in [3.05, 3.63) is 29.7 Å². The van der Waals surface area contributed by atoms with Gasteiger partial charge in [-0.1, -0.05) is 20.8 Å². The predicted molar refractivity (Wildman–Crippen MR) is 69.2 cm³/mol. The molecule has 2 aromatic heterocycles. The fourth-order valence-corrected chi connectivity index (χ4v) is 2.08. The molecule has 0 amide bonds. The van der Waals surface area contributed by atoms with E-state index < -0.39 is 0 Å². The molecule has 2 aromatic rings. The van der Waals surface area contributed by atoms with Gasteiger partial charge in [0.2, 0.25) is 0 Å². The molecule has 0 radical (unpaired) electrons. The average Bonchev–Trinajstić information content (AvgIpc) is 2.67. The van der Waals surface area contributed by atoms with E-state index in [1.165, 1.54) is 11.3 Å². The minimum Gasteiger partial charge on any atom is -0.312 e. The molecule has 1 unspecified atom stereocenters. The minimum atomic E-state index is 0.0931. The monoisotopic (exact) mass is 232 g/mol. The van der Waals surface area contributed by atoms with Gasteiger partial charge in [-0.25, -0.2) is 9.50 Å². The molecule has 0 spiro atoms. The lowest BCUT2D eigenvalue weighted by Gasteiger charge is -2.22. The normalized spacial score (nSPS) is 14.2. The first-order valence-corrected chi connectivity index (χ1v) is 5.95. The summed E-state index contributed by atoms with van der Waals surface area (Å²) in [4.78, 5) is 4.37. The Balaban J connectivity index is 2.74. The maximum Gasteiger partial charge on any atom is 0.154 e. The molecule has 0 saturated carbocycles. The number of fused-ring (bicyclic) bond motifs is 1.